The minimum atomic E-state index is -0.360. The standard InChI is InChI=1S/C8H12N2O3/c1-5-6(4-7(11)13-3)9-10(2)8(5)12/h12H,4H2,1-3H3. The Kier molecular flexibility index (Phi) is 2.55. The molecule has 5 heteroatoms. The van der Waals surface area contributed by atoms with Crippen molar-refractivity contribution in [3.05, 3.63) is 11.3 Å². The van der Waals surface area contributed by atoms with E-state index in [1.165, 1.54) is 11.8 Å². The molecule has 1 aromatic rings. The molecule has 0 aliphatic rings. The molecule has 0 spiro atoms. The van der Waals surface area contributed by atoms with Crippen LogP contribution in [0.4, 0.5) is 0 Å². The van der Waals surface area contributed by atoms with Crippen LogP contribution in [-0.4, -0.2) is 28.0 Å². The third-order valence-electron chi connectivity index (χ3n) is 1.88. The highest BCUT2D eigenvalue weighted by Gasteiger charge is 2.14. The molecule has 0 aliphatic heterocycles. The molecule has 0 saturated carbocycles. The van der Waals surface area contributed by atoms with Gasteiger partial charge in [-0.3, -0.25) is 4.79 Å². The number of nitrogens with zero attached hydrogens (tertiary/aromatic N) is 2. The number of carbonyl (C=O) groups excluding carboxylic acids is 1. The molecule has 1 rings (SSSR count). The van der Waals surface area contributed by atoms with Gasteiger partial charge in [-0.05, 0) is 6.92 Å². The van der Waals surface area contributed by atoms with Crippen LogP contribution in [0.15, 0.2) is 0 Å². The van der Waals surface area contributed by atoms with Gasteiger partial charge in [0, 0.05) is 12.6 Å². The number of hydrogen-bond donors (Lipinski definition) is 1. The third kappa shape index (κ3) is 1.80. The van der Waals surface area contributed by atoms with Gasteiger partial charge in [-0.1, -0.05) is 0 Å². The summed E-state index contributed by atoms with van der Waals surface area (Å²) in [6, 6.07) is 0. The number of carbonyl (C=O) groups is 1. The van der Waals surface area contributed by atoms with Gasteiger partial charge in [-0.2, -0.15) is 5.10 Å². The zero-order valence-electron chi connectivity index (χ0n) is 7.87. The molecule has 1 heterocycles. The average molecular weight is 184 g/mol. The van der Waals surface area contributed by atoms with Crippen molar-refractivity contribution in [2.75, 3.05) is 7.11 Å². The summed E-state index contributed by atoms with van der Waals surface area (Å²) in [5.74, 6) is -0.278. The van der Waals surface area contributed by atoms with Crippen LogP contribution in [0.1, 0.15) is 11.3 Å². The number of methoxy groups -OCH3 is 1. The van der Waals surface area contributed by atoms with Crippen LogP contribution >= 0.6 is 0 Å². The molecular weight excluding hydrogens is 172 g/mol. The topological polar surface area (TPSA) is 64.3 Å². The summed E-state index contributed by atoms with van der Waals surface area (Å²) in [6.45, 7) is 1.71. The summed E-state index contributed by atoms with van der Waals surface area (Å²) in [4.78, 5) is 10.9. The molecule has 5 nitrogen and oxygen atoms in total. The van der Waals surface area contributed by atoms with E-state index < -0.39 is 0 Å². The highest BCUT2D eigenvalue weighted by atomic mass is 16.5. The van der Waals surface area contributed by atoms with Gasteiger partial charge in [-0.15, -0.1) is 0 Å². The van der Waals surface area contributed by atoms with E-state index >= 15 is 0 Å². The Bertz CT molecular complexity index is 330. The third-order valence-corrected chi connectivity index (χ3v) is 1.88. The number of esters is 1. The second kappa shape index (κ2) is 3.47. The van der Waals surface area contributed by atoms with Crippen molar-refractivity contribution in [3.8, 4) is 5.88 Å². The normalized spacial score (nSPS) is 10.1. The van der Waals surface area contributed by atoms with E-state index in [1.54, 1.807) is 14.0 Å². The van der Waals surface area contributed by atoms with Gasteiger partial charge in [0.15, 0.2) is 0 Å². The first kappa shape index (κ1) is 9.57. The van der Waals surface area contributed by atoms with Crippen molar-refractivity contribution in [3.63, 3.8) is 0 Å². The van der Waals surface area contributed by atoms with Crippen molar-refractivity contribution >= 4 is 5.97 Å². The zero-order valence-corrected chi connectivity index (χ0v) is 7.87. The predicted octanol–water partition coefficient (Wildman–Crippen LogP) is 0.150. The van der Waals surface area contributed by atoms with Gasteiger partial charge in [-0.25, -0.2) is 4.68 Å². The van der Waals surface area contributed by atoms with Crippen LogP contribution in [0, 0.1) is 6.92 Å². The number of ether oxygens (including phenoxy) is 1. The first-order chi connectivity index (χ1) is 6.06. The van der Waals surface area contributed by atoms with Crippen molar-refractivity contribution in [2.24, 2.45) is 7.05 Å². The van der Waals surface area contributed by atoms with Gasteiger partial charge in [0.1, 0.15) is 0 Å². The van der Waals surface area contributed by atoms with E-state index in [-0.39, 0.29) is 18.3 Å². The Balaban J connectivity index is 2.90. The Labute approximate surface area is 75.9 Å². The lowest BCUT2D eigenvalue weighted by Gasteiger charge is -1.95. The SMILES string of the molecule is COC(=O)Cc1nn(C)c(O)c1C. The molecular formula is C8H12N2O3. The fraction of sp³-hybridized carbons (Fsp3) is 0.500. The molecule has 0 fully saturated rings. The number of aromatic hydroxyl groups is 1. The molecule has 13 heavy (non-hydrogen) atoms. The number of aryl methyl sites for hydroxylation is 1. The maximum absolute atomic E-state index is 10.9. The maximum Gasteiger partial charge on any atom is 0.311 e. The molecule has 0 radical (unpaired) electrons. The van der Waals surface area contributed by atoms with Gasteiger partial charge < -0.3 is 9.84 Å². The van der Waals surface area contributed by atoms with E-state index in [9.17, 15) is 9.90 Å². The second-order valence-corrected chi connectivity index (χ2v) is 2.77. The predicted molar refractivity (Wildman–Crippen MR) is 45.3 cm³/mol. The molecule has 0 amide bonds. The van der Waals surface area contributed by atoms with Crippen LogP contribution in [0.5, 0.6) is 5.88 Å². The smallest absolute Gasteiger partial charge is 0.311 e. The zero-order chi connectivity index (χ0) is 10.0. The first-order valence-electron chi connectivity index (χ1n) is 3.84. The van der Waals surface area contributed by atoms with Crippen LogP contribution in [0.25, 0.3) is 0 Å². The highest BCUT2D eigenvalue weighted by Crippen LogP contribution is 2.18. The lowest BCUT2D eigenvalue weighted by molar-refractivity contribution is -0.139. The lowest BCUT2D eigenvalue weighted by atomic mass is 10.2. The summed E-state index contributed by atoms with van der Waals surface area (Å²) in [5.41, 5.74) is 1.17. The molecule has 0 aromatic carbocycles. The minimum absolute atomic E-state index is 0.0823. The average Bonchev–Trinajstić information content (AvgIpc) is 2.34. The molecule has 0 saturated heterocycles. The quantitative estimate of drug-likeness (QED) is 0.664. The summed E-state index contributed by atoms with van der Waals surface area (Å²) < 4.78 is 5.82. The fourth-order valence-electron chi connectivity index (χ4n) is 1.05. The van der Waals surface area contributed by atoms with E-state index in [0.29, 0.717) is 11.3 Å². The largest absolute Gasteiger partial charge is 0.493 e. The van der Waals surface area contributed by atoms with Gasteiger partial charge in [0.2, 0.25) is 5.88 Å². The van der Waals surface area contributed by atoms with E-state index in [2.05, 4.69) is 9.84 Å². The summed E-state index contributed by atoms with van der Waals surface area (Å²) >= 11 is 0. The molecule has 0 unspecified atom stereocenters. The fourth-order valence-corrected chi connectivity index (χ4v) is 1.05. The summed E-state index contributed by atoms with van der Waals surface area (Å²) in [6.07, 6.45) is 0.0940. The first-order valence-corrected chi connectivity index (χ1v) is 3.84. The van der Waals surface area contributed by atoms with Crippen LogP contribution in [0.3, 0.4) is 0 Å². The molecule has 1 aromatic heterocycles. The molecule has 1 N–H and O–H groups in total. The monoisotopic (exact) mass is 184 g/mol. The van der Waals surface area contributed by atoms with Crippen molar-refractivity contribution in [2.45, 2.75) is 13.3 Å². The maximum atomic E-state index is 10.9. The van der Waals surface area contributed by atoms with E-state index in [1.807, 2.05) is 0 Å². The second-order valence-electron chi connectivity index (χ2n) is 2.77. The van der Waals surface area contributed by atoms with Crippen LogP contribution in [0.2, 0.25) is 0 Å². The lowest BCUT2D eigenvalue weighted by Crippen LogP contribution is -2.06. The highest BCUT2D eigenvalue weighted by molar-refractivity contribution is 5.72. The van der Waals surface area contributed by atoms with Crippen molar-refractivity contribution in [1.82, 2.24) is 9.78 Å². The van der Waals surface area contributed by atoms with Crippen LogP contribution in [-0.2, 0) is 23.0 Å². The number of aromatic nitrogens is 2. The van der Waals surface area contributed by atoms with Gasteiger partial charge in [0.25, 0.3) is 0 Å². The Hall–Kier alpha value is -1.52. The van der Waals surface area contributed by atoms with Crippen molar-refractivity contribution in [1.29, 1.82) is 0 Å². The summed E-state index contributed by atoms with van der Waals surface area (Å²) in [5, 5.41) is 13.3. The molecule has 0 aliphatic carbocycles. The minimum Gasteiger partial charge on any atom is -0.493 e. The van der Waals surface area contributed by atoms with Crippen LogP contribution < -0.4 is 0 Å². The number of hydrogen-bond acceptors (Lipinski definition) is 4. The molecule has 0 bridgehead atoms. The Morgan fingerprint density at radius 2 is 2.31 bits per heavy atom. The molecule has 72 valence electrons. The van der Waals surface area contributed by atoms with E-state index in [0.717, 1.165) is 0 Å². The summed E-state index contributed by atoms with van der Waals surface area (Å²) in [7, 11) is 2.93. The van der Waals surface area contributed by atoms with E-state index in [4.69, 9.17) is 0 Å². The Morgan fingerprint density at radius 1 is 1.69 bits per heavy atom. The van der Waals surface area contributed by atoms with Crippen molar-refractivity contribution < 1.29 is 14.6 Å². The molecule has 0 atom stereocenters. The Morgan fingerprint density at radius 3 is 2.69 bits per heavy atom. The number of rotatable bonds is 2. The van der Waals surface area contributed by atoms with Gasteiger partial charge in [0.05, 0.1) is 19.2 Å². The van der Waals surface area contributed by atoms with Gasteiger partial charge >= 0.3 is 5.97 Å².